The lowest BCUT2D eigenvalue weighted by molar-refractivity contribution is 0.957. The Morgan fingerprint density at radius 3 is 1.93 bits per heavy atom. The first-order chi connectivity index (χ1) is 6.95. The predicted molar refractivity (Wildman–Crippen MR) is 66.6 cm³/mol. The van der Waals surface area contributed by atoms with Gasteiger partial charge in [0.2, 0.25) is 0 Å². The Morgan fingerprint density at radius 1 is 0.800 bits per heavy atom. The summed E-state index contributed by atoms with van der Waals surface area (Å²) < 4.78 is 2.25. The summed E-state index contributed by atoms with van der Waals surface area (Å²) in [4.78, 5) is 0. The molecule has 80 valence electrons. The second-order valence-electron chi connectivity index (χ2n) is 4.65. The fraction of sp³-hybridized carbons (Fsp3) is 0.429. The highest BCUT2D eigenvalue weighted by molar-refractivity contribution is 5.91. The summed E-state index contributed by atoms with van der Waals surface area (Å²) in [6, 6.07) is 0. The Labute approximate surface area is 91.7 Å². The molecule has 2 aromatic rings. The van der Waals surface area contributed by atoms with Crippen molar-refractivity contribution in [2.45, 2.75) is 34.6 Å². The Hall–Kier alpha value is -1.24. The van der Waals surface area contributed by atoms with E-state index in [0.29, 0.717) is 0 Å². The first-order valence-electron chi connectivity index (χ1n) is 5.47. The van der Waals surface area contributed by atoms with Crippen LogP contribution in [0.3, 0.4) is 0 Å². The number of fused-ring (bicyclic) bond motifs is 1. The van der Waals surface area contributed by atoms with Gasteiger partial charge in [0.1, 0.15) is 0 Å². The molecule has 0 unspecified atom stereocenters. The molecule has 1 nitrogen and oxygen atoms in total. The summed E-state index contributed by atoms with van der Waals surface area (Å²) >= 11 is 0. The van der Waals surface area contributed by atoms with Crippen LogP contribution in [0, 0.1) is 34.6 Å². The van der Waals surface area contributed by atoms with Crippen LogP contribution >= 0.6 is 0 Å². The lowest BCUT2D eigenvalue weighted by Crippen LogP contribution is -1.96. The number of rotatable bonds is 0. The molecule has 0 aliphatic heterocycles. The summed E-state index contributed by atoms with van der Waals surface area (Å²) in [5.74, 6) is 0. The molecule has 0 aliphatic carbocycles. The lowest BCUT2D eigenvalue weighted by Gasteiger charge is -2.12. The Balaban J connectivity index is 3.10. The first kappa shape index (κ1) is 10.3. The van der Waals surface area contributed by atoms with Gasteiger partial charge < -0.3 is 4.57 Å². The van der Waals surface area contributed by atoms with E-state index in [0.717, 1.165) is 0 Å². The van der Waals surface area contributed by atoms with Crippen molar-refractivity contribution in [2.24, 2.45) is 7.05 Å². The zero-order chi connectivity index (χ0) is 11.3. The highest BCUT2D eigenvalue weighted by Crippen LogP contribution is 2.31. The molecule has 0 saturated heterocycles. The smallest absolute Gasteiger partial charge is 0.0515 e. The van der Waals surface area contributed by atoms with Crippen molar-refractivity contribution in [3.63, 3.8) is 0 Å². The lowest BCUT2D eigenvalue weighted by atomic mass is 9.94. The summed E-state index contributed by atoms with van der Waals surface area (Å²) in [5, 5.41) is 1.44. The van der Waals surface area contributed by atoms with Crippen LogP contribution in [0.2, 0.25) is 0 Å². The van der Waals surface area contributed by atoms with E-state index < -0.39 is 0 Å². The van der Waals surface area contributed by atoms with Gasteiger partial charge in [-0.2, -0.15) is 0 Å². The van der Waals surface area contributed by atoms with Gasteiger partial charge in [0.25, 0.3) is 0 Å². The molecule has 15 heavy (non-hydrogen) atoms. The third-order valence-corrected chi connectivity index (χ3v) is 3.79. The van der Waals surface area contributed by atoms with Crippen molar-refractivity contribution in [1.29, 1.82) is 0 Å². The molecule has 0 fully saturated rings. The van der Waals surface area contributed by atoms with Gasteiger partial charge in [-0.1, -0.05) is 0 Å². The van der Waals surface area contributed by atoms with Crippen LogP contribution in [-0.2, 0) is 7.05 Å². The third kappa shape index (κ3) is 1.22. The molecule has 0 saturated carbocycles. The molecule has 0 radical (unpaired) electrons. The molecule has 0 bridgehead atoms. The molecule has 2 rings (SSSR count). The maximum Gasteiger partial charge on any atom is 0.0515 e. The SMILES string of the molecule is Cc1c(C)c(C)c2c(c(C)cn2C)c1C. The number of nitrogens with zero attached hydrogens (tertiary/aromatic N) is 1. The number of hydrogen-bond acceptors (Lipinski definition) is 0. The average Bonchev–Trinajstić information content (AvgIpc) is 2.47. The minimum Gasteiger partial charge on any atom is -0.350 e. The topological polar surface area (TPSA) is 4.93 Å². The maximum absolute atomic E-state index is 2.25. The highest BCUT2D eigenvalue weighted by Gasteiger charge is 2.13. The van der Waals surface area contributed by atoms with E-state index in [1.807, 2.05) is 0 Å². The largest absolute Gasteiger partial charge is 0.350 e. The van der Waals surface area contributed by atoms with Crippen LogP contribution in [0.1, 0.15) is 27.8 Å². The Bertz CT molecular complexity index is 496. The van der Waals surface area contributed by atoms with Gasteiger partial charge in [0.05, 0.1) is 5.52 Å². The van der Waals surface area contributed by atoms with Crippen molar-refractivity contribution < 1.29 is 0 Å². The maximum atomic E-state index is 2.25. The average molecular weight is 201 g/mol. The van der Waals surface area contributed by atoms with E-state index in [4.69, 9.17) is 0 Å². The van der Waals surface area contributed by atoms with Crippen molar-refractivity contribution in [1.82, 2.24) is 4.57 Å². The minimum atomic E-state index is 1.39. The second-order valence-corrected chi connectivity index (χ2v) is 4.65. The van der Waals surface area contributed by atoms with Crippen LogP contribution in [0.15, 0.2) is 6.20 Å². The number of benzene rings is 1. The van der Waals surface area contributed by atoms with Gasteiger partial charge in [-0.3, -0.25) is 0 Å². The van der Waals surface area contributed by atoms with E-state index >= 15 is 0 Å². The van der Waals surface area contributed by atoms with E-state index in [-0.39, 0.29) is 0 Å². The molecule has 0 spiro atoms. The summed E-state index contributed by atoms with van der Waals surface area (Å²) in [5.41, 5.74) is 8.51. The van der Waals surface area contributed by atoms with Crippen LogP contribution in [0.4, 0.5) is 0 Å². The predicted octanol–water partition coefficient (Wildman–Crippen LogP) is 3.72. The van der Waals surface area contributed by atoms with Gasteiger partial charge in [0.15, 0.2) is 0 Å². The molecule has 1 heterocycles. The van der Waals surface area contributed by atoms with Gasteiger partial charge >= 0.3 is 0 Å². The second kappa shape index (κ2) is 3.13. The fourth-order valence-corrected chi connectivity index (χ4v) is 2.64. The number of hydrogen-bond donors (Lipinski definition) is 0. The standard InChI is InChI=1S/C14H19N/c1-8-7-15(6)14-12(5)10(3)9(2)11(4)13(8)14/h7H,1-6H3. The molecule has 0 N–H and O–H groups in total. The first-order valence-corrected chi connectivity index (χ1v) is 5.47. The highest BCUT2D eigenvalue weighted by atomic mass is 14.9. The normalized spacial score (nSPS) is 11.3. The molecule has 0 amide bonds. The minimum absolute atomic E-state index is 1.39. The van der Waals surface area contributed by atoms with E-state index in [2.05, 4.69) is 52.4 Å². The number of aromatic nitrogens is 1. The zero-order valence-corrected chi connectivity index (χ0v) is 10.5. The molecule has 1 aromatic heterocycles. The van der Waals surface area contributed by atoms with Crippen molar-refractivity contribution in [2.75, 3.05) is 0 Å². The van der Waals surface area contributed by atoms with Gasteiger partial charge in [-0.15, -0.1) is 0 Å². The van der Waals surface area contributed by atoms with Crippen molar-refractivity contribution >= 4 is 10.9 Å². The Kier molecular flexibility index (Phi) is 2.14. The van der Waals surface area contributed by atoms with Crippen LogP contribution in [-0.4, -0.2) is 4.57 Å². The molecule has 1 heteroatoms. The molecular formula is C14H19N. The number of aryl methyl sites for hydroxylation is 4. The fourth-order valence-electron chi connectivity index (χ4n) is 2.64. The van der Waals surface area contributed by atoms with Gasteiger partial charge in [-0.05, 0) is 62.4 Å². The summed E-state index contributed by atoms with van der Waals surface area (Å²) in [6.07, 6.45) is 2.23. The van der Waals surface area contributed by atoms with E-state index in [1.165, 1.54) is 38.7 Å². The van der Waals surface area contributed by atoms with Crippen LogP contribution in [0.25, 0.3) is 10.9 Å². The monoisotopic (exact) mass is 201 g/mol. The van der Waals surface area contributed by atoms with Crippen molar-refractivity contribution in [3.05, 3.63) is 34.0 Å². The van der Waals surface area contributed by atoms with Gasteiger partial charge in [0, 0.05) is 18.6 Å². The molecule has 1 aromatic carbocycles. The van der Waals surface area contributed by atoms with E-state index in [1.54, 1.807) is 0 Å². The third-order valence-electron chi connectivity index (χ3n) is 3.79. The van der Waals surface area contributed by atoms with Crippen molar-refractivity contribution in [3.8, 4) is 0 Å². The zero-order valence-electron chi connectivity index (χ0n) is 10.5. The molecular weight excluding hydrogens is 182 g/mol. The van der Waals surface area contributed by atoms with Crippen LogP contribution < -0.4 is 0 Å². The van der Waals surface area contributed by atoms with E-state index in [9.17, 15) is 0 Å². The Morgan fingerprint density at radius 2 is 1.33 bits per heavy atom. The quantitative estimate of drug-likeness (QED) is 0.612. The summed E-state index contributed by atoms with van der Waals surface area (Å²) in [6.45, 7) is 11.1. The molecule has 0 aliphatic rings. The van der Waals surface area contributed by atoms with Crippen LogP contribution in [0.5, 0.6) is 0 Å². The molecule has 0 atom stereocenters. The summed E-state index contributed by atoms with van der Waals surface area (Å²) in [7, 11) is 2.14. The van der Waals surface area contributed by atoms with Gasteiger partial charge in [-0.25, -0.2) is 0 Å².